The molecule has 0 saturated carbocycles. The van der Waals surface area contributed by atoms with Gasteiger partial charge in [0.25, 0.3) is 0 Å². The van der Waals surface area contributed by atoms with E-state index in [4.69, 9.17) is 37.0 Å². The lowest BCUT2D eigenvalue weighted by Gasteiger charge is -2.21. The van der Waals surface area contributed by atoms with E-state index in [9.17, 15) is 43.2 Å². The van der Waals surface area contributed by atoms with Crippen molar-refractivity contribution in [3.63, 3.8) is 0 Å². The Morgan fingerprint density at radius 3 is 0.602 bits per heavy atom. The summed E-state index contributed by atoms with van der Waals surface area (Å²) in [6.45, 7) is 4.99. The standard InChI is InChI=1S/C79H154O17P2/c1-5-9-13-17-21-25-28-31-33-35-36-37-38-39-41-44-47-50-54-58-62-66-79(84)96-75(70-90-77(82)64-60-56-52-48-45-43-40-34-32-29-26-22-18-14-10-6-2)72-94-98(87,88)92-68-73(80)67-91-97(85,86)93-71-74(69-89-76(81)63-59-55-51-24-20-16-12-8-4)95-78(83)65-61-57-53-49-46-42-30-27-23-19-15-11-7-3/h73-75,80H,5-72H2,1-4H3,(H,85,86)(H,87,88)/t73-,74+,75+/m0/s1. The largest absolute Gasteiger partial charge is 0.472 e. The van der Waals surface area contributed by atoms with Crippen LogP contribution in [0.4, 0.5) is 0 Å². The lowest BCUT2D eigenvalue weighted by atomic mass is 10.0. The number of ether oxygens (including phenoxy) is 4. The fourth-order valence-corrected chi connectivity index (χ4v) is 13.9. The number of aliphatic hydroxyl groups excluding tert-OH is 1. The molecule has 0 heterocycles. The molecule has 582 valence electrons. The van der Waals surface area contributed by atoms with Gasteiger partial charge in [0.05, 0.1) is 26.4 Å². The number of aliphatic hydroxyl groups is 1. The van der Waals surface area contributed by atoms with Gasteiger partial charge >= 0.3 is 39.5 Å². The molecule has 0 aliphatic rings. The van der Waals surface area contributed by atoms with Gasteiger partial charge in [-0.05, 0) is 25.7 Å². The molecule has 0 rings (SSSR count). The highest BCUT2D eigenvalue weighted by Crippen LogP contribution is 2.45. The zero-order valence-electron chi connectivity index (χ0n) is 63.8. The minimum Gasteiger partial charge on any atom is -0.462 e. The van der Waals surface area contributed by atoms with E-state index in [0.29, 0.717) is 25.7 Å². The van der Waals surface area contributed by atoms with Gasteiger partial charge in [0, 0.05) is 25.7 Å². The Hall–Kier alpha value is -1.94. The molecule has 0 spiro atoms. The van der Waals surface area contributed by atoms with Crippen molar-refractivity contribution in [3.8, 4) is 0 Å². The Balaban J connectivity index is 5.18. The Bertz CT molecular complexity index is 1860. The maximum atomic E-state index is 13.1. The average Bonchev–Trinajstić information content (AvgIpc) is 0.974. The second-order valence-electron chi connectivity index (χ2n) is 28.5. The molecule has 98 heavy (non-hydrogen) atoms. The van der Waals surface area contributed by atoms with E-state index in [1.165, 1.54) is 257 Å². The number of hydrogen-bond donors (Lipinski definition) is 3. The number of carbonyl (C=O) groups is 4. The maximum absolute atomic E-state index is 13.1. The van der Waals surface area contributed by atoms with Crippen molar-refractivity contribution in [2.24, 2.45) is 0 Å². The highest BCUT2D eigenvalue weighted by atomic mass is 31.2. The van der Waals surface area contributed by atoms with Crippen molar-refractivity contribution in [3.05, 3.63) is 0 Å². The van der Waals surface area contributed by atoms with Gasteiger partial charge in [-0.15, -0.1) is 0 Å². The van der Waals surface area contributed by atoms with Crippen LogP contribution in [0.2, 0.25) is 0 Å². The van der Waals surface area contributed by atoms with E-state index in [2.05, 4.69) is 27.7 Å². The summed E-state index contributed by atoms with van der Waals surface area (Å²) in [5, 5.41) is 10.6. The highest BCUT2D eigenvalue weighted by Gasteiger charge is 2.30. The number of phosphoric acid groups is 2. The molecule has 3 N–H and O–H groups in total. The quantitative estimate of drug-likeness (QED) is 0.0222. The maximum Gasteiger partial charge on any atom is 0.472 e. The molecule has 17 nitrogen and oxygen atoms in total. The molecular weight excluding hydrogens is 1280 g/mol. The van der Waals surface area contributed by atoms with Gasteiger partial charge in [-0.3, -0.25) is 37.3 Å². The van der Waals surface area contributed by atoms with Crippen molar-refractivity contribution < 1.29 is 80.2 Å². The third-order valence-electron chi connectivity index (χ3n) is 18.6. The van der Waals surface area contributed by atoms with Gasteiger partial charge < -0.3 is 33.8 Å². The normalized spacial score (nSPS) is 13.8. The SMILES string of the molecule is CCCCCCCCCCCCCCCCCCCCCCCC(=O)O[C@H](COC(=O)CCCCCCCCCCCCCCCCCC)COP(=O)(O)OC[C@@H](O)COP(=O)(O)OC[C@@H](COC(=O)CCCCCCCCCC)OC(=O)CCCCCCCCCCCCCCC. The second-order valence-corrected chi connectivity index (χ2v) is 31.4. The molecule has 5 atom stereocenters. The van der Waals surface area contributed by atoms with E-state index in [-0.39, 0.29) is 25.7 Å². The monoisotopic (exact) mass is 1440 g/mol. The summed E-state index contributed by atoms with van der Waals surface area (Å²) in [5.41, 5.74) is 0. The first-order chi connectivity index (χ1) is 47.7. The molecule has 0 amide bonds. The van der Waals surface area contributed by atoms with Gasteiger partial charge in [-0.1, -0.05) is 374 Å². The van der Waals surface area contributed by atoms with E-state index >= 15 is 0 Å². The molecule has 0 aromatic carbocycles. The van der Waals surface area contributed by atoms with E-state index in [0.717, 1.165) is 89.9 Å². The van der Waals surface area contributed by atoms with Crippen LogP contribution in [0.5, 0.6) is 0 Å². The fraction of sp³-hybridized carbons (Fsp3) is 0.949. The van der Waals surface area contributed by atoms with Crippen molar-refractivity contribution in [1.82, 2.24) is 0 Å². The number of carbonyl (C=O) groups excluding carboxylic acids is 4. The van der Waals surface area contributed by atoms with Gasteiger partial charge in [0.2, 0.25) is 0 Å². The molecule has 0 bridgehead atoms. The first-order valence-electron chi connectivity index (χ1n) is 41.3. The summed E-state index contributed by atoms with van der Waals surface area (Å²) < 4.78 is 68.6. The number of phosphoric ester groups is 2. The van der Waals surface area contributed by atoms with Crippen LogP contribution < -0.4 is 0 Å². The summed E-state index contributed by atoms with van der Waals surface area (Å²) in [4.78, 5) is 72.8. The second kappa shape index (κ2) is 73.4. The summed E-state index contributed by atoms with van der Waals surface area (Å²) in [6.07, 6.45) is 65.3. The van der Waals surface area contributed by atoms with Crippen molar-refractivity contribution in [2.45, 2.75) is 444 Å². The molecule has 19 heteroatoms. The van der Waals surface area contributed by atoms with E-state index in [1.54, 1.807) is 0 Å². The van der Waals surface area contributed by atoms with E-state index < -0.39 is 97.5 Å². The van der Waals surface area contributed by atoms with Crippen molar-refractivity contribution in [1.29, 1.82) is 0 Å². The molecule has 0 fully saturated rings. The van der Waals surface area contributed by atoms with Crippen LogP contribution in [0.1, 0.15) is 426 Å². The number of esters is 4. The third-order valence-corrected chi connectivity index (χ3v) is 20.5. The number of hydrogen-bond acceptors (Lipinski definition) is 15. The third kappa shape index (κ3) is 72.4. The van der Waals surface area contributed by atoms with Crippen LogP contribution in [0.25, 0.3) is 0 Å². The van der Waals surface area contributed by atoms with Crippen LogP contribution in [0.15, 0.2) is 0 Å². The molecule has 0 aliphatic carbocycles. The molecule has 0 saturated heterocycles. The zero-order chi connectivity index (χ0) is 71.8. The van der Waals surface area contributed by atoms with Gasteiger partial charge in [0.15, 0.2) is 12.2 Å². The van der Waals surface area contributed by atoms with Crippen LogP contribution in [-0.2, 0) is 65.4 Å². The molecular formula is C79H154O17P2. The van der Waals surface area contributed by atoms with Gasteiger partial charge in [-0.2, -0.15) is 0 Å². The molecule has 0 aromatic heterocycles. The van der Waals surface area contributed by atoms with Gasteiger partial charge in [-0.25, -0.2) is 9.13 Å². The summed E-state index contributed by atoms with van der Waals surface area (Å²) in [5.74, 6) is -2.11. The predicted molar refractivity (Wildman–Crippen MR) is 400 cm³/mol. The summed E-state index contributed by atoms with van der Waals surface area (Å²) in [6, 6.07) is 0. The van der Waals surface area contributed by atoms with Crippen LogP contribution in [-0.4, -0.2) is 96.7 Å². The summed E-state index contributed by atoms with van der Waals surface area (Å²) in [7, 11) is -9.91. The zero-order valence-corrected chi connectivity index (χ0v) is 65.6. The number of rotatable bonds is 80. The molecule has 2 unspecified atom stereocenters. The minimum absolute atomic E-state index is 0.108. The molecule has 0 aromatic rings. The molecule has 0 radical (unpaired) electrons. The average molecular weight is 1440 g/mol. The van der Waals surface area contributed by atoms with E-state index in [1.807, 2.05) is 0 Å². The Labute approximate surface area is 600 Å². The number of unbranched alkanes of at least 4 members (excludes halogenated alkanes) is 54. The Morgan fingerprint density at radius 1 is 0.245 bits per heavy atom. The van der Waals surface area contributed by atoms with Crippen LogP contribution >= 0.6 is 15.6 Å². The first kappa shape index (κ1) is 96.1. The minimum atomic E-state index is -4.96. The fourth-order valence-electron chi connectivity index (χ4n) is 12.3. The summed E-state index contributed by atoms with van der Waals surface area (Å²) >= 11 is 0. The first-order valence-corrected chi connectivity index (χ1v) is 44.3. The van der Waals surface area contributed by atoms with Crippen LogP contribution in [0, 0.1) is 0 Å². The highest BCUT2D eigenvalue weighted by molar-refractivity contribution is 7.47. The van der Waals surface area contributed by atoms with Crippen molar-refractivity contribution >= 4 is 39.5 Å². The lowest BCUT2D eigenvalue weighted by Crippen LogP contribution is -2.30. The Morgan fingerprint density at radius 2 is 0.408 bits per heavy atom. The predicted octanol–water partition coefficient (Wildman–Crippen LogP) is 23.8. The van der Waals surface area contributed by atoms with Gasteiger partial charge in [0.1, 0.15) is 19.3 Å². The van der Waals surface area contributed by atoms with Crippen molar-refractivity contribution in [2.75, 3.05) is 39.6 Å². The molecule has 0 aliphatic heterocycles. The lowest BCUT2D eigenvalue weighted by molar-refractivity contribution is -0.161. The van der Waals surface area contributed by atoms with Crippen LogP contribution in [0.3, 0.4) is 0 Å². The Kier molecular flexibility index (Phi) is 71.9. The smallest absolute Gasteiger partial charge is 0.462 e. The topological polar surface area (TPSA) is 237 Å².